The van der Waals surface area contributed by atoms with Crippen LogP contribution >= 0.6 is 11.6 Å². The second kappa shape index (κ2) is 7.06. The molecule has 0 amide bonds. The monoisotopic (exact) mass is 306 g/mol. The zero-order chi connectivity index (χ0) is 15.4. The molecule has 1 N–H and O–H groups in total. The van der Waals surface area contributed by atoms with Crippen LogP contribution in [0, 0.1) is 11.7 Å². The van der Waals surface area contributed by atoms with Gasteiger partial charge in [-0.2, -0.15) is 0 Å². The summed E-state index contributed by atoms with van der Waals surface area (Å²) in [5.74, 6) is 0.260. The number of rotatable bonds is 5. The quantitative estimate of drug-likeness (QED) is 0.828. The van der Waals surface area contributed by atoms with E-state index in [1.807, 2.05) is 24.3 Å². The lowest BCUT2D eigenvalue weighted by atomic mass is 9.97. The SMILES string of the molecule is CC(C)Cc1ccc(C(O)Cc2cc(Cl)ccc2F)cc1. The first-order valence-electron chi connectivity index (χ1n) is 7.16. The zero-order valence-corrected chi connectivity index (χ0v) is 13.1. The number of aliphatic hydroxyl groups is 1. The van der Waals surface area contributed by atoms with E-state index in [9.17, 15) is 9.50 Å². The molecule has 0 aromatic heterocycles. The van der Waals surface area contributed by atoms with Gasteiger partial charge in [-0.15, -0.1) is 0 Å². The highest BCUT2D eigenvalue weighted by Crippen LogP contribution is 2.23. The Kier molecular flexibility index (Phi) is 5.38. The van der Waals surface area contributed by atoms with Crippen LogP contribution in [0.1, 0.15) is 36.6 Å². The Morgan fingerprint density at radius 2 is 1.71 bits per heavy atom. The van der Waals surface area contributed by atoms with Gasteiger partial charge in [-0.05, 0) is 47.2 Å². The summed E-state index contributed by atoms with van der Waals surface area (Å²) in [6.45, 7) is 4.34. The van der Waals surface area contributed by atoms with Gasteiger partial charge in [0.15, 0.2) is 0 Å². The summed E-state index contributed by atoms with van der Waals surface area (Å²) in [7, 11) is 0. The first-order chi connectivity index (χ1) is 9.95. The van der Waals surface area contributed by atoms with Gasteiger partial charge in [0.2, 0.25) is 0 Å². The molecule has 1 nitrogen and oxygen atoms in total. The standard InChI is InChI=1S/C18H20ClFO/c1-12(2)9-13-3-5-14(6-4-13)18(21)11-15-10-16(19)7-8-17(15)20/h3-8,10,12,18,21H,9,11H2,1-2H3. The predicted octanol–water partition coefficient (Wildman–Crippen LogP) is 4.95. The number of benzene rings is 2. The molecule has 0 fully saturated rings. The van der Waals surface area contributed by atoms with E-state index in [0.717, 1.165) is 12.0 Å². The molecule has 0 aliphatic rings. The molecule has 1 unspecified atom stereocenters. The predicted molar refractivity (Wildman–Crippen MR) is 85.1 cm³/mol. The summed E-state index contributed by atoms with van der Waals surface area (Å²) in [4.78, 5) is 0. The molecule has 0 radical (unpaired) electrons. The van der Waals surface area contributed by atoms with Gasteiger partial charge >= 0.3 is 0 Å². The zero-order valence-electron chi connectivity index (χ0n) is 12.3. The summed E-state index contributed by atoms with van der Waals surface area (Å²) in [6, 6.07) is 12.3. The Morgan fingerprint density at radius 1 is 1.05 bits per heavy atom. The van der Waals surface area contributed by atoms with E-state index in [-0.39, 0.29) is 12.2 Å². The molecule has 0 saturated carbocycles. The summed E-state index contributed by atoms with van der Waals surface area (Å²) in [5, 5.41) is 10.7. The lowest BCUT2D eigenvalue weighted by Crippen LogP contribution is -2.04. The van der Waals surface area contributed by atoms with Crippen LogP contribution in [0.2, 0.25) is 5.02 Å². The second-order valence-electron chi connectivity index (χ2n) is 5.80. The van der Waals surface area contributed by atoms with Gasteiger partial charge in [-0.1, -0.05) is 49.7 Å². The molecule has 0 bridgehead atoms. The lowest BCUT2D eigenvalue weighted by Gasteiger charge is -2.13. The molecule has 0 aliphatic carbocycles. The van der Waals surface area contributed by atoms with E-state index in [1.165, 1.54) is 17.7 Å². The fourth-order valence-electron chi connectivity index (χ4n) is 2.37. The van der Waals surface area contributed by atoms with Crippen molar-refractivity contribution in [3.63, 3.8) is 0 Å². The average molecular weight is 307 g/mol. The molecular formula is C18H20ClFO. The summed E-state index contributed by atoms with van der Waals surface area (Å²) in [6.07, 6.45) is 0.501. The molecule has 0 spiro atoms. The third-order valence-electron chi connectivity index (χ3n) is 3.43. The maximum Gasteiger partial charge on any atom is 0.126 e. The van der Waals surface area contributed by atoms with Crippen LogP contribution < -0.4 is 0 Å². The van der Waals surface area contributed by atoms with Crippen LogP contribution in [0.15, 0.2) is 42.5 Å². The topological polar surface area (TPSA) is 20.2 Å². The average Bonchev–Trinajstić information content (AvgIpc) is 2.43. The first kappa shape index (κ1) is 16.0. The van der Waals surface area contributed by atoms with Crippen molar-refractivity contribution in [1.82, 2.24) is 0 Å². The van der Waals surface area contributed by atoms with E-state index < -0.39 is 6.10 Å². The third kappa shape index (κ3) is 4.55. The molecule has 1 atom stereocenters. The van der Waals surface area contributed by atoms with Crippen molar-refractivity contribution in [2.75, 3.05) is 0 Å². The first-order valence-corrected chi connectivity index (χ1v) is 7.54. The Bertz CT molecular complexity index is 593. The van der Waals surface area contributed by atoms with Crippen LogP contribution in [-0.4, -0.2) is 5.11 Å². The largest absolute Gasteiger partial charge is 0.388 e. The molecule has 0 saturated heterocycles. The van der Waals surface area contributed by atoms with E-state index in [2.05, 4.69) is 13.8 Å². The molecule has 2 rings (SSSR count). The minimum atomic E-state index is -0.730. The van der Waals surface area contributed by atoms with E-state index in [4.69, 9.17) is 11.6 Å². The minimum Gasteiger partial charge on any atom is -0.388 e. The van der Waals surface area contributed by atoms with Crippen molar-refractivity contribution >= 4 is 11.6 Å². The van der Waals surface area contributed by atoms with Crippen LogP contribution in [0.4, 0.5) is 4.39 Å². The van der Waals surface area contributed by atoms with Crippen LogP contribution in [0.3, 0.4) is 0 Å². The van der Waals surface area contributed by atoms with Gasteiger partial charge in [-0.3, -0.25) is 0 Å². The van der Waals surface area contributed by atoms with Crippen molar-refractivity contribution < 1.29 is 9.50 Å². The Labute approximate surface area is 130 Å². The fraction of sp³-hybridized carbons (Fsp3) is 0.333. The lowest BCUT2D eigenvalue weighted by molar-refractivity contribution is 0.177. The van der Waals surface area contributed by atoms with Crippen LogP contribution in [0.5, 0.6) is 0 Å². The van der Waals surface area contributed by atoms with Crippen LogP contribution in [-0.2, 0) is 12.8 Å². The summed E-state index contributed by atoms with van der Waals surface area (Å²) >= 11 is 5.87. The van der Waals surface area contributed by atoms with E-state index >= 15 is 0 Å². The minimum absolute atomic E-state index is 0.218. The number of hydrogen-bond acceptors (Lipinski definition) is 1. The van der Waals surface area contributed by atoms with Gasteiger partial charge in [0.05, 0.1) is 6.10 Å². The summed E-state index contributed by atoms with van der Waals surface area (Å²) in [5.41, 5.74) is 2.47. The van der Waals surface area contributed by atoms with Crippen molar-refractivity contribution in [1.29, 1.82) is 0 Å². The highest BCUT2D eigenvalue weighted by Gasteiger charge is 2.12. The number of aliphatic hydroxyl groups excluding tert-OH is 1. The smallest absolute Gasteiger partial charge is 0.126 e. The Hall–Kier alpha value is -1.38. The highest BCUT2D eigenvalue weighted by molar-refractivity contribution is 6.30. The fourth-order valence-corrected chi connectivity index (χ4v) is 2.57. The molecule has 3 heteroatoms. The van der Waals surface area contributed by atoms with E-state index in [0.29, 0.717) is 16.5 Å². The summed E-state index contributed by atoms with van der Waals surface area (Å²) < 4.78 is 13.7. The van der Waals surface area contributed by atoms with Gasteiger partial charge in [0, 0.05) is 11.4 Å². The van der Waals surface area contributed by atoms with Crippen molar-refractivity contribution in [2.24, 2.45) is 5.92 Å². The van der Waals surface area contributed by atoms with E-state index in [1.54, 1.807) is 6.07 Å². The molecular weight excluding hydrogens is 287 g/mol. The molecule has 0 heterocycles. The molecule has 0 aliphatic heterocycles. The van der Waals surface area contributed by atoms with Crippen molar-refractivity contribution in [2.45, 2.75) is 32.8 Å². The second-order valence-corrected chi connectivity index (χ2v) is 6.23. The maximum atomic E-state index is 13.7. The van der Waals surface area contributed by atoms with Crippen molar-refractivity contribution in [3.8, 4) is 0 Å². The third-order valence-corrected chi connectivity index (χ3v) is 3.66. The molecule has 2 aromatic rings. The maximum absolute atomic E-state index is 13.7. The highest BCUT2D eigenvalue weighted by atomic mass is 35.5. The van der Waals surface area contributed by atoms with Gasteiger partial charge in [-0.25, -0.2) is 4.39 Å². The number of hydrogen-bond donors (Lipinski definition) is 1. The molecule has 112 valence electrons. The Morgan fingerprint density at radius 3 is 2.33 bits per heavy atom. The molecule has 21 heavy (non-hydrogen) atoms. The van der Waals surface area contributed by atoms with Crippen molar-refractivity contribution in [3.05, 3.63) is 70.0 Å². The Balaban J connectivity index is 2.09. The van der Waals surface area contributed by atoms with Gasteiger partial charge in [0.1, 0.15) is 5.82 Å². The van der Waals surface area contributed by atoms with Gasteiger partial charge in [0.25, 0.3) is 0 Å². The van der Waals surface area contributed by atoms with Crippen LogP contribution in [0.25, 0.3) is 0 Å². The molecule has 2 aromatic carbocycles. The normalized spacial score (nSPS) is 12.7. The number of halogens is 2. The van der Waals surface area contributed by atoms with Gasteiger partial charge < -0.3 is 5.11 Å².